The van der Waals surface area contributed by atoms with E-state index in [4.69, 9.17) is 0 Å². The van der Waals surface area contributed by atoms with E-state index < -0.39 is 0 Å². The molecule has 1 atom stereocenters. The Morgan fingerprint density at radius 3 is 2.84 bits per heavy atom. The molecule has 31 heavy (non-hydrogen) atoms. The van der Waals surface area contributed by atoms with Crippen molar-refractivity contribution in [3.05, 3.63) is 76.6 Å². The van der Waals surface area contributed by atoms with Crippen molar-refractivity contribution in [2.75, 3.05) is 5.32 Å². The summed E-state index contributed by atoms with van der Waals surface area (Å²) in [6.07, 6.45) is 3.54. The Labute approximate surface area is 185 Å². The molecule has 0 aliphatic carbocycles. The number of hydrogen-bond acceptors (Lipinski definition) is 7. The maximum atomic E-state index is 13.1. The monoisotopic (exact) mass is 432 g/mol. The zero-order chi connectivity index (χ0) is 21.8. The summed E-state index contributed by atoms with van der Waals surface area (Å²) in [7, 11) is 0. The number of phenols is 1. The molecule has 4 aromatic rings. The summed E-state index contributed by atoms with van der Waals surface area (Å²) in [6, 6.07) is 12.8. The van der Waals surface area contributed by atoms with Crippen molar-refractivity contribution in [1.82, 2.24) is 15.0 Å². The average Bonchev–Trinajstić information content (AvgIpc) is 3.14. The van der Waals surface area contributed by atoms with Crippen LogP contribution in [0.3, 0.4) is 0 Å². The summed E-state index contributed by atoms with van der Waals surface area (Å²) < 4.78 is 0.830. The fourth-order valence-corrected chi connectivity index (χ4v) is 4.46. The number of phenolic OH excluding ortho intramolecular Hbond substituents is 1. The van der Waals surface area contributed by atoms with E-state index in [1.165, 1.54) is 11.3 Å². The second kappa shape index (κ2) is 9.22. The van der Waals surface area contributed by atoms with Crippen LogP contribution in [0.4, 0.5) is 5.95 Å². The highest BCUT2D eigenvalue weighted by Gasteiger charge is 2.19. The van der Waals surface area contributed by atoms with Gasteiger partial charge in [-0.05, 0) is 67.5 Å². The number of rotatable bonds is 8. The number of nitrogens with one attached hydrogen (secondary N) is 1. The molecule has 3 aromatic heterocycles. The van der Waals surface area contributed by atoms with Crippen molar-refractivity contribution in [1.29, 1.82) is 0 Å². The molecule has 0 fully saturated rings. The number of carbonyl (C=O) groups excluding carboxylic acids is 1. The van der Waals surface area contributed by atoms with Crippen molar-refractivity contribution >= 4 is 33.3 Å². The number of nitrogens with zero attached hydrogens (tertiary/aromatic N) is 3. The molecular formula is C24H24N4O2S. The number of anilines is 1. The molecule has 0 spiro atoms. The van der Waals surface area contributed by atoms with Gasteiger partial charge < -0.3 is 10.4 Å². The van der Waals surface area contributed by atoms with Gasteiger partial charge >= 0.3 is 0 Å². The van der Waals surface area contributed by atoms with Crippen molar-refractivity contribution in [2.45, 2.75) is 39.2 Å². The summed E-state index contributed by atoms with van der Waals surface area (Å²) in [5.74, 6) is 0.680. The summed E-state index contributed by atoms with van der Waals surface area (Å²) in [4.78, 5) is 26.7. The summed E-state index contributed by atoms with van der Waals surface area (Å²) in [5, 5.41) is 14.9. The number of Topliss-reactive ketones (excluding diaryl/α,β-unsaturated/α-hetero) is 1. The van der Waals surface area contributed by atoms with Gasteiger partial charge in [0.2, 0.25) is 5.95 Å². The topological polar surface area (TPSA) is 88.0 Å². The first-order valence-electron chi connectivity index (χ1n) is 10.3. The average molecular weight is 433 g/mol. The molecule has 0 amide bonds. The molecule has 3 heterocycles. The largest absolute Gasteiger partial charge is 0.508 e. The van der Waals surface area contributed by atoms with Gasteiger partial charge in [-0.15, -0.1) is 11.3 Å². The van der Waals surface area contributed by atoms with E-state index in [0.717, 1.165) is 33.5 Å². The molecule has 0 bridgehead atoms. The number of aromatic nitrogens is 3. The first-order chi connectivity index (χ1) is 15.0. The van der Waals surface area contributed by atoms with Crippen LogP contribution in [-0.4, -0.2) is 25.8 Å². The van der Waals surface area contributed by atoms with Gasteiger partial charge in [0.15, 0.2) is 5.78 Å². The number of hydrogen-bond donors (Lipinski definition) is 2. The molecule has 0 saturated heterocycles. The van der Waals surface area contributed by atoms with Crippen LogP contribution in [0.2, 0.25) is 0 Å². The number of pyridine rings is 1. The van der Waals surface area contributed by atoms with Gasteiger partial charge in [0.05, 0.1) is 22.0 Å². The van der Waals surface area contributed by atoms with Crippen molar-refractivity contribution in [3.63, 3.8) is 0 Å². The molecule has 7 heteroatoms. The minimum absolute atomic E-state index is 0.00272. The quantitative estimate of drug-likeness (QED) is 0.359. The van der Waals surface area contributed by atoms with Crippen molar-refractivity contribution in [2.24, 2.45) is 0 Å². The van der Waals surface area contributed by atoms with Gasteiger partial charge in [0, 0.05) is 12.6 Å². The molecule has 0 radical (unpaired) electrons. The van der Waals surface area contributed by atoms with Gasteiger partial charge in [-0.25, -0.2) is 9.97 Å². The zero-order valence-electron chi connectivity index (χ0n) is 17.5. The Bertz CT molecular complexity index is 1210. The van der Waals surface area contributed by atoms with E-state index in [2.05, 4.69) is 20.3 Å². The van der Waals surface area contributed by atoms with E-state index >= 15 is 0 Å². The Balaban J connectivity index is 1.54. The van der Waals surface area contributed by atoms with Crippen molar-refractivity contribution in [3.8, 4) is 5.75 Å². The molecule has 2 N–H and O–H groups in total. The standard InChI is InChI=1S/C24H24N4O2S/c1-15-14-31-23-21(15)27-24(26-16(2)19-10-3-4-12-25-19)28-22(23)20(30)11-6-8-17-7-5-9-18(29)13-17/h3-5,7,9-10,12-14,16,29H,6,8,11H2,1-2H3,(H,26,27,28)/t16-/m0/s1. The lowest BCUT2D eigenvalue weighted by Gasteiger charge is -2.14. The number of ketones is 1. The third kappa shape index (κ3) is 4.88. The van der Waals surface area contributed by atoms with E-state index in [1.807, 2.05) is 49.6 Å². The van der Waals surface area contributed by atoms with Crippen LogP contribution in [0, 0.1) is 6.92 Å². The smallest absolute Gasteiger partial charge is 0.224 e. The normalized spacial score (nSPS) is 12.1. The first-order valence-corrected chi connectivity index (χ1v) is 11.1. The minimum atomic E-state index is -0.0914. The maximum Gasteiger partial charge on any atom is 0.224 e. The van der Waals surface area contributed by atoms with Crippen LogP contribution < -0.4 is 5.32 Å². The predicted molar refractivity (Wildman–Crippen MR) is 124 cm³/mol. The number of fused-ring (bicyclic) bond motifs is 1. The minimum Gasteiger partial charge on any atom is -0.508 e. The van der Waals surface area contributed by atoms with Crippen molar-refractivity contribution < 1.29 is 9.90 Å². The van der Waals surface area contributed by atoms with Gasteiger partial charge in [-0.2, -0.15) is 0 Å². The Kier molecular flexibility index (Phi) is 6.23. The number of aromatic hydroxyl groups is 1. The van der Waals surface area contributed by atoms with Gasteiger partial charge in [0.25, 0.3) is 0 Å². The van der Waals surface area contributed by atoms with Gasteiger partial charge in [0.1, 0.15) is 11.4 Å². The Morgan fingerprint density at radius 1 is 1.19 bits per heavy atom. The fraction of sp³-hybridized carbons (Fsp3) is 0.250. The van der Waals surface area contributed by atoms with E-state index in [9.17, 15) is 9.90 Å². The number of carbonyl (C=O) groups is 1. The molecular weight excluding hydrogens is 408 g/mol. The third-order valence-electron chi connectivity index (χ3n) is 5.11. The number of aryl methyl sites for hydroxylation is 2. The van der Waals surface area contributed by atoms with Crippen LogP contribution in [0.1, 0.15) is 53.1 Å². The first kappa shape index (κ1) is 20.9. The number of benzene rings is 1. The summed E-state index contributed by atoms with van der Waals surface area (Å²) in [6.45, 7) is 3.99. The summed E-state index contributed by atoms with van der Waals surface area (Å²) in [5.41, 5.74) is 4.21. The van der Waals surface area contributed by atoms with Gasteiger partial charge in [-0.3, -0.25) is 9.78 Å². The third-order valence-corrected chi connectivity index (χ3v) is 6.21. The second-order valence-electron chi connectivity index (χ2n) is 7.56. The van der Waals surface area contributed by atoms with Crippen LogP contribution in [0.25, 0.3) is 10.2 Å². The van der Waals surface area contributed by atoms with Crippen LogP contribution >= 0.6 is 11.3 Å². The lowest BCUT2D eigenvalue weighted by atomic mass is 10.0. The van der Waals surface area contributed by atoms with Crippen LogP contribution in [0.15, 0.2) is 54.0 Å². The van der Waals surface area contributed by atoms with E-state index in [0.29, 0.717) is 24.5 Å². The fourth-order valence-electron chi connectivity index (χ4n) is 3.47. The lowest BCUT2D eigenvalue weighted by molar-refractivity contribution is 0.0977. The summed E-state index contributed by atoms with van der Waals surface area (Å²) >= 11 is 1.51. The zero-order valence-corrected chi connectivity index (χ0v) is 18.3. The maximum absolute atomic E-state index is 13.1. The molecule has 0 aliphatic rings. The molecule has 0 saturated carbocycles. The SMILES string of the molecule is Cc1csc2c(C(=O)CCCc3cccc(O)c3)nc(N[C@@H](C)c3ccccn3)nc12. The second-order valence-corrected chi connectivity index (χ2v) is 8.44. The predicted octanol–water partition coefficient (Wildman–Crippen LogP) is 5.48. The van der Waals surface area contributed by atoms with Gasteiger partial charge in [-0.1, -0.05) is 18.2 Å². The van der Waals surface area contributed by atoms with Crippen LogP contribution in [-0.2, 0) is 6.42 Å². The highest BCUT2D eigenvalue weighted by atomic mass is 32.1. The highest BCUT2D eigenvalue weighted by molar-refractivity contribution is 7.17. The lowest BCUT2D eigenvalue weighted by Crippen LogP contribution is -2.13. The highest BCUT2D eigenvalue weighted by Crippen LogP contribution is 2.29. The molecule has 0 unspecified atom stereocenters. The van der Waals surface area contributed by atoms with E-state index in [-0.39, 0.29) is 17.6 Å². The van der Waals surface area contributed by atoms with Crippen LogP contribution in [0.5, 0.6) is 5.75 Å². The number of thiophene rings is 1. The molecule has 6 nitrogen and oxygen atoms in total. The van der Waals surface area contributed by atoms with E-state index in [1.54, 1.807) is 18.3 Å². The molecule has 4 rings (SSSR count). The molecule has 158 valence electrons. The molecule has 0 aliphatic heterocycles. The Hall–Kier alpha value is -3.32. The molecule has 1 aromatic carbocycles. The Morgan fingerprint density at radius 2 is 2.06 bits per heavy atom.